The third kappa shape index (κ3) is 3.30. The monoisotopic (exact) mass is 271 g/mol. The van der Waals surface area contributed by atoms with Crippen LogP contribution in [-0.4, -0.2) is 21.0 Å². The van der Waals surface area contributed by atoms with Crippen molar-refractivity contribution < 1.29 is 5.21 Å². The van der Waals surface area contributed by atoms with E-state index in [1.165, 1.54) is 5.56 Å². The predicted molar refractivity (Wildman–Crippen MR) is 76.3 cm³/mol. The van der Waals surface area contributed by atoms with Crippen LogP contribution in [0.2, 0.25) is 0 Å². The molecule has 0 atom stereocenters. The number of aromatic nitrogens is 2. The summed E-state index contributed by atoms with van der Waals surface area (Å²) in [5.74, 6) is 0.0139. The van der Waals surface area contributed by atoms with Gasteiger partial charge in [0.1, 0.15) is 5.69 Å². The fourth-order valence-corrected chi connectivity index (χ4v) is 1.87. The second-order valence-electron chi connectivity index (χ2n) is 4.40. The highest BCUT2D eigenvalue weighted by Gasteiger charge is 2.07. The van der Waals surface area contributed by atoms with Gasteiger partial charge in [-0.1, -0.05) is 11.2 Å². The first kappa shape index (κ1) is 14.0. The Kier molecular flexibility index (Phi) is 4.62. The average molecular weight is 271 g/mol. The molecule has 0 fully saturated rings. The maximum Gasteiger partial charge on any atom is 0.189 e. The summed E-state index contributed by atoms with van der Waals surface area (Å²) < 4.78 is 0. The lowest BCUT2D eigenvalue weighted by Gasteiger charge is -2.09. The van der Waals surface area contributed by atoms with Crippen molar-refractivity contribution in [1.29, 1.82) is 0 Å². The Morgan fingerprint density at radius 1 is 1.30 bits per heavy atom. The maximum atomic E-state index is 8.75. The van der Waals surface area contributed by atoms with Crippen LogP contribution < -0.4 is 11.1 Å². The highest BCUT2D eigenvalue weighted by atomic mass is 16.4. The molecule has 0 aliphatic heterocycles. The van der Waals surface area contributed by atoms with Crippen molar-refractivity contribution in [1.82, 2.24) is 15.3 Å². The van der Waals surface area contributed by atoms with Gasteiger partial charge in [-0.05, 0) is 35.7 Å². The molecule has 2 rings (SSSR count). The van der Waals surface area contributed by atoms with Gasteiger partial charge in [0, 0.05) is 31.7 Å². The zero-order valence-electron chi connectivity index (χ0n) is 11.2. The molecule has 4 N–H and O–H groups in total. The van der Waals surface area contributed by atoms with Gasteiger partial charge in [-0.3, -0.25) is 9.97 Å². The van der Waals surface area contributed by atoms with Crippen LogP contribution in [0.3, 0.4) is 0 Å². The van der Waals surface area contributed by atoms with Crippen molar-refractivity contribution >= 4 is 5.84 Å². The number of rotatable bonds is 5. The molecule has 0 unspecified atom stereocenters. The minimum atomic E-state index is 0.0139. The van der Waals surface area contributed by atoms with E-state index in [4.69, 9.17) is 10.9 Å². The zero-order valence-corrected chi connectivity index (χ0v) is 11.2. The molecule has 0 amide bonds. The van der Waals surface area contributed by atoms with Crippen molar-refractivity contribution in [2.45, 2.75) is 20.0 Å². The maximum absolute atomic E-state index is 8.75. The SMILES string of the molecule is Cc1ccncc1CNCc1cccnc1/C(N)=N/O. The van der Waals surface area contributed by atoms with E-state index in [0.717, 1.165) is 11.1 Å². The molecule has 104 valence electrons. The number of amidine groups is 1. The Hall–Kier alpha value is -2.47. The first-order valence-electron chi connectivity index (χ1n) is 6.24. The van der Waals surface area contributed by atoms with Crippen LogP contribution in [0.4, 0.5) is 0 Å². The molecule has 0 radical (unpaired) electrons. The molecule has 2 aromatic heterocycles. The number of nitrogens with zero attached hydrogens (tertiary/aromatic N) is 3. The van der Waals surface area contributed by atoms with E-state index in [9.17, 15) is 0 Å². The summed E-state index contributed by atoms with van der Waals surface area (Å²) in [7, 11) is 0. The lowest BCUT2D eigenvalue weighted by molar-refractivity contribution is 0.318. The van der Waals surface area contributed by atoms with Gasteiger partial charge in [0.05, 0.1) is 0 Å². The molecular weight excluding hydrogens is 254 g/mol. The van der Waals surface area contributed by atoms with Gasteiger partial charge >= 0.3 is 0 Å². The van der Waals surface area contributed by atoms with Crippen molar-refractivity contribution in [3.8, 4) is 0 Å². The number of pyridine rings is 2. The largest absolute Gasteiger partial charge is 0.409 e. The highest BCUT2D eigenvalue weighted by molar-refractivity contribution is 5.96. The standard InChI is InChI=1S/C14H17N5O/c1-10-4-6-16-8-12(10)9-17-7-11-3-2-5-18-13(11)14(15)19-20/h2-6,8,17,20H,7,9H2,1H3,(H2,15,19). The second-order valence-corrected chi connectivity index (χ2v) is 4.40. The summed E-state index contributed by atoms with van der Waals surface area (Å²) >= 11 is 0. The van der Waals surface area contributed by atoms with Gasteiger partial charge in [0.25, 0.3) is 0 Å². The number of nitrogens with one attached hydrogen (secondary N) is 1. The average Bonchev–Trinajstić information content (AvgIpc) is 2.49. The number of hydrogen-bond donors (Lipinski definition) is 3. The van der Waals surface area contributed by atoms with Crippen LogP contribution in [0.25, 0.3) is 0 Å². The van der Waals surface area contributed by atoms with Gasteiger partial charge < -0.3 is 16.3 Å². The van der Waals surface area contributed by atoms with E-state index >= 15 is 0 Å². The van der Waals surface area contributed by atoms with Crippen LogP contribution in [0.5, 0.6) is 0 Å². The Morgan fingerprint density at radius 3 is 2.85 bits per heavy atom. The fourth-order valence-electron chi connectivity index (χ4n) is 1.87. The highest BCUT2D eigenvalue weighted by Crippen LogP contribution is 2.07. The summed E-state index contributed by atoms with van der Waals surface area (Å²) in [6.07, 6.45) is 5.23. The van der Waals surface area contributed by atoms with Crippen molar-refractivity contribution in [2.24, 2.45) is 10.9 Å². The van der Waals surface area contributed by atoms with E-state index in [2.05, 4.69) is 20.4 Å². The van der Waals surface area contributed by atoms with E-state index in [-0.39, 0.29) is 5.84 Å². The Labute approximate surface area is 117 Å². The molecular formula is C14H17N5O. The predicted octanol–water partition coefficient (Wildman–Crippen LogP) is 1.17. The quantitative estimate of drug-likeness (QED) is 0.328. The topological polar surface area (TPSA) is 96.4 Å². The molecule has 0 bridgehead atoms. The minimum absolute atomic E-state index is 0.0139. The van der Waals surface area contributed by atoms with Crippen molar-refractivity contribution in [3.05, 3.63) is 59.2 Å². The lowest BCUT2D eigenvalue weighted by atomic mass is 10.1. The van der Waals surface area contributed by atoms with Crippen LogP contribution in [0.1, 0.15) is 22.4 Å². The molecule has 0 aliphatic carbocycles. The van der Waals surface area contributed by atoms with Crippen molar-refractivity contribution in [2.75, 3.05) is 0 Å². The van der Waals surface area contributed by atoms with Crippen molar-refractivity contribution in [3.63, 3.8) is 0 Å². The smallest absolute Gasteiger partial charge is 0.189 e. The van der Waals surface area contributed by atoms with Gasteiger partial charge in [-0.25, -0.2) is 0 Å². The van der Waals surface area contributed by atoms with Crippen LogP contribution in [0, 0.1) is 6.92 Å². The van der Waals surface area contributed by atoms with Gasteiger partial charge in [0.15, 0.2) is 5.84 Å². The summed E-state index contributed by atoms with van der Waals surface area (Å²) in [5, 5.41) is 15.0. The van der Waals surface area contributed by atoms with Gasteiger partial charge in [-0.2, -0.15) is 0 Å². The second kappa shape index (κ2) is 6.63. The molecule has 0 saturated carbocycles. The summed E-state index contributed by atoms with van der Waals surface area (Å²) in [4.78, 5) is 8.23. The van der Waals surface area contributed by atoms with Crippen LogP contribution >= 0.6 is 0 Å². The Morgan fingerprint density at radius 2 is 2.10 bits per heavy atom. The van der Waals surface area contributed by atoms with Gasteiger partial charge in [-0.15, -0.1) is 0 Å². The number of oxime groups is 1. The zero-order chi connectivity index (χ0) is 14.4. The van der Waals surface area contributed by atoms with Crippen LogP contribution in [0.15, 0.2) is 41.9 Å². The number of aryl methyl sites for hydroxylation is 1. The third-order valence-corrected chi connectivity index (χ3v) is 3.02. The molecule has 0 spiro atoms. The molecule has 0 aromatic carbocycles. The first-order valence-corrected chi connectivity index (χ1v) is 6.24. The summed E-state index contributed by atoms with van der Waals surface area (Å²) in [6.45, 7) is 3.32. The van der Waals surface area contributed by atoms with E-state index in [0.29, 0.717) is 18.8 Å². The fraction of sp³-hybridized carbons (Fsp3) is 0.214. The summed E-state index contributed by atoms with van der Waals surface area (Å²) in [5.41, 5.74) is 9.30. The third-order valence-electron chi connectivity index (χ3n) is 3.02. The molecule has 20 heavy (non-hydrogen) atoms. The molecule has 0 saturated heterocycles. The number of hydrogen-bond acceptors (Lipinski definition) is 5. The van der Waals surface area contributed by atoms with E-state index in [1.807, 2.05) is 31.3 Å². The molecule has 0 aliphatic rings. The number of nitrogens with two attached hydrogens (primary N) is 1. The van der Waals surface area contributed by atoms with Gasteiger partial charge in [0.2, 0.25) is 0 Å². The molecule has 6 nitrogen and oxygen atoms in total. The molecule has 6 heteroatoms. The summed E-state index contributed by atoms with van der Waals surface area (Å²) in [6, 6.07) is 5.69. The van der Waals surface area contributed by atoms with E-state index < -0.39 is 0 Å². The Bertz CT molecular complexity index is 612. The minimum Gasteiger partial charge on any atom is -0.409 e. The molecule has 2 aromatic rings. The molecule has 2 heterocycles. The normalized spacial score (nSPS) is 11.6. The van der Waals surface area contributed by atoms with Crippen LogP contribution in [-0.2, 0) is 13.1 Å². The van der Waals surface area contributed by atoms with E-state index in [1.54, 1.807) is 12.4 Å². The first-order chi connectivity index (χ1) is 9.72. The lowest BCUT2D eigenvalue weighted by Crippen LogP contribution is -2.21. The Balaban J connectivity index is 2.03.